The van der Waals surface area contributed by atoms with Crippen molar-refractivity contribution in [3.8, 4) is 16.9 Å². The molecule has 0 amide bonds. The molecule has 0 saturated heterocycles. The number of pyridine rings is 1. The molecule has 0 aliphatic rings. The van der Waals surface area contributed by atoms with Gasteiger partial charge in [0.2, 0.25) is 0 Å². The number of rotatable bonds is 6. The average molecular weight is 424 g/mol. The molecule has 0 aliphatic heterocycles. The van der Waals surface area contributed by atoms with Gasteiger partial charge < -0.3 is 10.3 Å². The maximum atomic E-state index is 14.0. The van der Waals surface area contributed by atoms with Gasteiger partial charge in [-0.15, -0.1) is 0 Å². The van der Waals surface area contributed by atoms with Gasteiger partial charge in [-0.05, 0) is 35.9 Å². The lowest BCUT2D eigenvalue weighted by molar-refractivity contribution is 0.628. The van der Waals surface area contributed by atoms with Crippen LogP contribution in [-0.2, 0) is 13.1 Å². The first-order chi connectivity index (χ1) is 15.7. The van der Waals surface area contributed by atoms with Crippen molar-refractivity contribution in [1.82, 2.24) is 20.1 Å². The summed E-state index contributed by atoms with van der Waals surface area (Å²) in [5.41, 5.74) is 4.21. The van der Waals surface area contributed by atoms with Crippen LogP contribution in [0.5, 0.6) is 0 Å². The molecule has 2 N–H and O–H groups in total. The topological polar surface area (TPSA) is 62.7 Å². The third-order valence-corrected chi connectivity index (χ3v) is 5.35. The lowest BCUT2D eigenvalue weighted by atomic mass is 10.1. The molecule has 3 aromatic carbocycles. The Morgan fingerprint density at radius 1 is 0.875 bits per heavy atom. The Kier molecular flexibility index (Phi) is 5.35. The SMILES string of the molecule is O=c1[nH]c2c(cc1CNCc1ccccc1)c(-c1cccc(F)c1)nn2-c1ccccc1. The van der Waals surface area contributed by atoms with E-state index in [0.717, 1.165) is 16.6 Å². The van der Waals surface area contributed by atoms with E-state index in [1.165, 1.54) is 12.1 Å². The van der Waals surface area contributed by atoms with Crippen molar-refractivity contribution < 1.29 is 4.39 Å². The standard InChI is InChI=1S/C26H21FN4O/c27-21-11-7-10-19(14-21)24-23-15-20(17-28-16-18-8-3-1-4-9-18)26(32)29-25(23)31(30-24)22-12-5-2-6-13-22/h1-15,28H,16-17H2,(H,29,32). The number of aromatic nitrogens is 3. The zero-order valence-electron chi connectivity index (χ0n) is 17.3. The van der Waals surface area contributed by atoms with E-state index in [1.807, 2.05) is 72.8 Å². The summed E-state index contributed by atoms with van der Waals surface area (Å²) in [6.07, 6.45) is 0. The van der Waals surface area contributed by atoms with E-state index >= 15 is 0 Å². The minimum atomic E-state index is -0.334. The van der Waals surface area contributed by atoms with Crippen LogP contribution in [0.1, 0.15) is 11.1 Å². The molecule has 158 valence electrons. The first-order valence-electron chi connectivity index (χ1n) is 10.4. The number of fused-ring (bicyclic) bond motifs is 1. The second-order valence-corrected chi connectivity index (χ2v) is 7.58. The number of benzene rings is 3. The van der Waals surface area contributed by atoms with Crippen molar-refractivity contribution >= 4 is 11.0 Å². The summed E-state index contributed by atoms with van der Waals surface area (Å²) in [4.78, 5) is 15.9. The van der Waals surface area contributed by atoms with Gasteiger partial charge in [0.05, 0.1) is 5.69 Å². The smallest absolute Gasteiger partial charge is 0.254 e. The summed E-state index contributed by atoms with van der Waals surface area (Å²) in [7, 11) is 0. The van der Waals surface area contributed by atoms with Crippen LogP contribution in [0, 0.1) is 5.82 Å². The zero-order valence-corrected chi connectivity index (χ0v) is 17.3. The van der Waals surface area contributed by atoms with E-state index in [-0.39, 0.29) is 11.4 Å². The van der Waals surface area contributed by atoms with Crippen LogP contribution in [0.3, 0.4) is 0 Å². The molecular formula is C26H21FN4O. The molecule has 5 nitrogen and oxygen atoms in total. The van der Waals surface area contributed by atoms with Crippen LogP contribution >= 0.6 is 0 Å². The van der Waals surface area contributed by atoms with Crippen molar-refractivity contribution in [1.29, 1.82) is 0 Å². The van der Waals surface area contributed by atoms with E-state index in [0.29, 0.717) is 35.6 Å². The van der Waals surface area contributed by atoms with Crippen LogP contribution in [0.2, 0.25) is 0 Å². The molecule has 5 rings (SSSR count). The molecule has 32 heavy (non-hydrogen) atoms. The molecule has 0 aliphatic carbocycles. The molecule has 0 radical (unpaired) electrons. The molecule has 0 spiro atoms. The predicted octanol–water partition coefficient (Wildman–Crippen LogP) is 4.81. The summed E-state index contributed by atoms with van der Waals surface area (Å²) >= 11 is 0. The molecule has 0 bridgehead atoms. The Morgan fingerprint density at radius 2 is 1.62 bits per heavy atom. The summed E-state index contributed by atoms with van der Waals surface area (Å²) in [6, 6.07) is 27.7. The van der Waals surface area contributed by atoms with Gasteiger partial charge in [-0.25, -0.2) is 9.07 Å². The lowest BCUT2D eigenvalue weighted by Gasteiger charge is -2.06. The summed E-state index contributed by atoms with van der Waals surface area (Å²) in [5, 5.41) is 8.82. The van der Waals surface area contributed by atoms with Gasteiger partial charge in [-0.1, -0.05) is 60.7 Å². The van der Waals surface area contributed by atoms with Crippen molar-refractivity contribution in [2.24, 2.45) is 0 Å². The summed E-state index contributed by atoms with van der Waals surface area (Å²) < 4.78 is 15.6. The lowest BCUT2D eigenvalue weighted by Crippen LogP contribution is -2.21. The molecule has 6 heteroatoms. The van der Waals surface area contributed by atoms with Crippen LogP contribution < -0.4 is 10.9 Å². The highest BCUT2D eigenvalue weighted by molar-refractivity contribution is 5.92. The minimum Gasteiger partial charge on any atom is -0.308 e. The maximum Gasteiger partial charge on any atom is 0.254 e. The summed E-state index contributed by atoms with van der Waals surface area (Å²) in [5.74, 6) is -0.334. The average Bonchev–Trinajstić information content (AvgIpc) is 3.19. The number of halogens is 1. The van der Waals surface area contributed by atoms with Crippen molar-refractivity contribution in [3.63, 3.8) is 0 Å². The number of hydrogen-bond donors (Lipinski definition) is 2. The maximum absolute atomic E-state index is 14.0. The van der Waals surface area contributed by atoms with Crippen LogP contribution in [0.4, 0.5) is 4.39 Å². The third kappa shape index (κ3) is 3.96. The quantitative estimate of drug-likeness (QED) is 0.411. The Balaban J connectivity index is 1.58. The Labute approximate surface area is 184 Å². The Hall–Kier alpha value is -4.03. The van der Waals surface area contributed by atoms with Gasteiger partial charge in [-0.2, -0.15) is 5.10 Å². The fourth-order valence-corrected chi connectivity index (χ4v) is 3.79. The molecule has 0 saturated carbocycles. The van der Waals surface area contributed by atoms with E-state index < -0.39 is 0 Å². The van der Waals surface area contributed by atoms with Gasteiger partial charge in [0.15, 0.2) is 0 Å². The number of hydrogen-bond acceptors (Lipinski definition) is 3. The molecular weight excluding hydrogens is 403 g/mol. The molecule has 2 heterocycles. The van der Waals surface area contributed by atoms with Crippen molar-refractivity contribution in [2.75, 3.05) is 0 Å². The first-order valence-corrected chi connectivity index (χ1v) is 10.4. The third-order valence-electron chi connectivity index (χ3n) is 5.35. The fraction of sp³-hybridized carbons (Fsp3) is 0.0769. The Morgan fingerprint density at radius 3 is 2.38 bits per heavy atom. The number of aromatic amines is 1. The van der Waals surface area contributed by atoms with Gasteiger partial charge in [-0.3, -0.25) is 4.79 Å². The first kappa shape index (κ1) is 19.9. The van der Waals surface area contributed by atoms with Gasteiger partial charge in [0.1, 0.15) is 17.2 Å². The number of nitrogens with zero attached hydrogens (tertiary/aromatic N) is 2. The van der Waals surface area contributed by atoms with Crippen molar-refractivity contribution in [3.05, 3.63) is 118 Å². The molecule has 0 atom stereocenters. The van der Waals surface area contributed by atoms with Gasteiger partial charge in [0, 0.05) is 29.6 Å². The van der Waals surface area contributed by atoms with Crippen LogP contribution in [0.25, 0.3) is 28.0 Å². The second-order valence-electron chi connectivity index (χ2n) is 7.58. The van der Waals surface area contributed by atoms with E-state index in [4.69, 9.17) is 5.10 Å². The van der Waals surface area contributed by atoms with E-state index in [9.17, 15) is 9.18 Å². The van der Waals surface area contributed by atoms with Crippen LogP contribution in [0.15, 0.2) is 95.8 Å². The molecule has 0 fully saturated rings. The largest absolute Gasteiger partial charge is 0.308 e. The second kappa shape index (κ2) is 8.61. The number of H-pyrrole nitrogens is 1. The van der Waals surface area contributed by atoms with Gasteiger partial charge in [0.25, 0.3) is 5.56 Å². The predicted molar refractivity (Wildman–Crippen MR) is 124 cm³/mol. The fourth-order valence-electron chi connectivity index (χ4n) is 3.79. The van der Waals surface area contributed by atoms with E-state index in [2.05, 4.69) is 10.3 Å². The van der Waals surface area contributed by atoms with Gasteiger partial charge >= 0.3 is 0 Å². The number of nitrogens with one attached hydrogen (secondary N) is 2. The monoisotopic (exact) mass is 424 g/mol. The van der Waals surface area contributed by atoms with Crippen molar-refractivity contribution in [2.45, 2.75) is 13.1 Å². The minimum absolute atomic E-state index is 0.180. The van der Waals surface area contributed by atoms with Crippen LogP contribution in [-0.4, -0.2) is 14.8 Å². The highest BCUT2D eigenvalue weighted by Gasteiger charge is 2.17. The Bertz CT molecular complexity index is 1430. The molecule has 0 unspecified atom stereocenters. The normalized spacial score (nSPS) is 11.2. The highest BCUT2D eigenvalue weighted by Crippen LogP contribution is 2.29. The molecule has 5 aromatic rings. The highest BCUT2D eigenvalue weighted by atomic mass is 19.1. The summed E-state index contributed by atoms with van der Waals surface area (Å²) in [6.45, 7) is 1.05. The zero-order chi connectivity index (χ0) is 21.9. The number of para-hydroxylation sites is 1. The molecule has 2 aromatic heterocycles. The van der Waals surface area contributed by atoms with E-state index in [1.54, 1.807) is 10.7 Å².